The van der Waals surface area contributed by atoms with Crippen LogP contribution in [0, 0.1) is 17.8 Å². The van der Waals surface area contributed by atoms with Gasteiger partial charge in [-0.2, -0.15) is 4.98 Å². The summed E-state index contributed by atoms with van der Waals surface area (Å²) in [4.78, 5) is 4.46. The van der Waals surface area contributed by atoms with Gasteiger partial charge in [0.2, 0.25) is 5.89 Å². The van der Waals surface area contributed by atoms with Crippen LogP contribution in [0.2, 0.25) is 0 Å². The number of rotatable bonds is 5. The van der Waals surface area contributed by atoms with Gasteiger partial charge in [0.05, 0.1) is 6.61 Å². The first-order valence-electron chi connectivity index (χ1n) is 7.19. The van der Waals surface area contributed by atoms with Crippen LogP contribution in [0.15, 0.2) is 4.52 Å². The number of hydrogen-bond donors (Lipinski definition) is 1. The summed E-state index contributed by atoms with van der Waals surface area (Å²) in [6.45, 7) is 2.25. The molecule has 4 atom stereocenters. The van der Waals surface area contributed by atoms with Gasteiger partial charge in [-0.25, -0.2) is 0 Å². The zero-order valence-electron chi connectivity index (χ0n) is 11.8. The van der Waals surface area contributed by atoms with Crippen LogP contribution in [-0.2, 0) is 16.7 Å². The zero-order chi connectivity index (χ0) is 13.5. The van der Waals surface area contributed by atoms with E-state index in [2.05, 4.69) is 10.1 Å². The highest BCUT2D eigenvalue weighted by molar-refractivity contribution is 5.03. The summed E-state index contributed by atoms with van der Waals surface area (Å²) in [7, 11) is 1.63. The standard InChI is InChI=1S/C14H23N3O2/c1-14(15,8-18-2)13-16-12(19-17-13)7-11-6-9-3-4-10(11)5-9/h9-11H,3-8,15H2,1-2H3. The molecule has 0 saturated heterocycles. The van der Waals surface area contributed by atoms with Crippen LogP contribution in [0.25, 0.3) is 0 Å². The van der Waals surface area contributed by atoms with Crippen molar-refractivity contribution in [2.24, 2.45) is 23.5 Å². The van der Waals surface area contributed by atoms with Gasteiger partial charge in [0.1, 0.15) is 5.54 Å². The third-order valence-electron chi connectivity index (χ3n) is 4.74. The van der Waals surface area contributed by atoms with Gasteiger partial charge in [-0.3, -0.25) is 0 Å². The molecular weight excluding hydrogens is 242 g/mol. The number of nitrogens with zero attached hydrogens (tertiary/aromatic N) is 2. The molecule has 0 aromatic carbocycles. The molecule has 4 unspecified atom stereocenters. The number of aromatic nitrogens is 2. The number of hydrogen-bond acceptors (Lipinski definition) is 5. The van der Waals surface area contributed by atoms with E-state index in [1.807, 2.05) is 6.92 Å². The minimum Gasteiger partial charge on any atom is -0.382 e. The Hall–Kier alpha value is -0.940. The Balaban J connectivity index is 1.65. The van der Waals surface area contributed by atoms with E-state index in [-0.39, 0.29) is 0 Å². The van der Waals surface area contributed by atoms with E-state index in [9.17, 15) is 0 Å². The lowest BCUT2D eigenvalue weighted by Gasteiger charge is -2.20. The maximum atomic E-state index is 6.12. The highest BCUT2D eigenvalue weighted by Crippen LogP contribution is 2.49. The molecule has 2 N–H and O–H groups in total. The second-order valence-electron chi connectivity index (χ2n) is 6.50. The maximum Gasteiger partial charge on any atom is 0.227 e. The summed E-state index contributed by atoms with van der Waals surface area (Å²) in [6.07, 6.45) is 6.46. The van der Waals surface area contributed by atoms with Crippen molar-refractivity contribution in [1.29, 1.82) is 0 Å². The summed E-state index contributed by atoms with van der Waals surface area (Å²) in [6, 6.07) is 0. The van der Waals surface area contributed by atoms with E-state index in [1.165, 1.54) is 25.7 Å². The SMILES string of the molecule is COCC(C)(N)c1noc(CC2CC3CCC2C3)n1. The molecule has 2 aliphatic carbocycles. The molecule has 2 aliphatic rings. The van der Waals surface area contributed by atoms with Crippen LogP contribution in [0.4, 0.5) is 0 Å². The predicted octanol–water partition coefficient (Wildman–Crippen LogP) is 1.87. The number of methoxy groups -OCH3 is 1. The Kier molecular flexibility index (Phi) is 3.35. The molecule has 1 aromatic rings. The van der Waals surface area contributed by atoms with Gasteiger partial charge in [-0.05, 0) is 43.9 Å². The van der Waals surface area contributed by atoms with Crippen molar-refractivity contribution in [2.45, 2.75) is 44.6 Å². The molecule has 0 spiro atoms. The normalized spacial score (nSPS) is 32.7. The van der Waals surface area contributed by atoms with Gasteiger partial charge in [0, 0.05) is 13.5 Å². The molecule has 106 valence electrons. The van der Waals surface area contributed by atoms with Gasteiger partial charge in [0.15, 0.2) is 5.82 Å². The fourth-order valence-corrected chi connectivity index (χ4v) is 3.78. The third-order valence-corrected chi connectivity index (χ3v) is 4.74. The Morgan fingerprint density at radius 3 is 2.89 bits per heavy atom. The lowest BCUT2D eigenvalue weighted by molar-refractivity contribution is 0.135. The first-order valence-corrected chi connectivity index (χ1v) is 7.19. The molecule has 19 heavy (non-hydrogen) atoms. The highest BCUT2D eigenvalue weighted by atomic mass is 16.5. The monoisotopic (exact) mass is 265 g/mol. The average molecular weight is 265 g/mol. The zero-order valence-corrected chi connectivity index (χ0v) is 11.8. The molecule has 5 nitrogen and oxygen atoms in total. The van der Waals surface area contributed by atoms with Crippen molar-refractivity contribution in [3.05, 3.63) is 11.7 Å². The van der Waals surface area contributed by atoms with Crippen molar-refractivity contribution in [3.8, 4) is 0 Å². The molecule has 2 fully saturated rings. The van der Waals surface area contributed by atoms with Crippen LogP contribution in [-0.4, -0.2) is 23.9 Å². The lowest BCUT2D eigenvalue weighted by atomic mass is 9.86. The van der Waals surface area contributed by atoms with Crippen molar-refractivity contribution in [2.75, 3.05) is 13.7 Å². The van der Waals surface area contributed by atoms with Gasteiger partial charge >= 0.3 is 0 Å². The van der Waals surface area contributed by atoms with Crippen LogP contribution >= 0.6 is 0 Å². The van der Waals surface area contributed by atoms with Gasteiger partial charge in [-0.1, -0.05) is 11.6 Å². The largest absolute Gasteiger partial charge is 0.382 e. The second kappa shape index (κ2) is 4.87. The Labute approximate surface area is 113 Å². The highest BCUT2D eigenvalue weighted by Gasteiger charge is 2.40. The third kappa shape index (κ3) is 2.54. The summed E-state index contributed by atoms with van der Waals surface area (Å²) >= 11 is 0. The fourth-order valence-electron chi connectivity index (χ4n) is 3.78. The minimum absolute atomic E-state index is 0.389. The van der Waals surface area contributed by atoms with Crippen LogP contribution in [0.5, 0.6) is 0 Å². The predicted molar refractivity (Wildman–Crippen MR) is 70.4 cm³/mol. The molecule has 0 amide bonds. The van der Waals surface area contributed by atoms with Crippen LogP contribution in [0.3, 0.4) is 0 Å². The van der Waals surface area contributed by atoms with E-state index in [0.717, 1.165) is 30.1 Å². The summed E-state index contributed by atoms with van der Waals surface area (Å²) in [5.74, 6) is 3.85. The van der Waals surface area contributed by atoms with E-state index in [4.69, 9.17) is 15.0 Å². The minimum atomic E-state index is -0.675. The van der Waals surface area contributed by atoms with Gasteiger partial charge < -0.3 is 15.0 Å². The quantitative estimate of drug-likeness (QED) is 0.879. The summed E-state index contributed by atoms with van der Waals surface area (Å²) < 4.78 is 10.5. The van der Waals surface area contributed by atoms with Crippen molar-refractivity contribution in [1.82, 2.24) is 10.1 Å². The summed E-state index contributed by atoms with van der Waals surface area (Å²) in [5, 5.41) is 4.02. The topological polar surface area (TPSA) is 74.2 Å². The van der Waals surface area contributed by atoms with Crippen molar-refractivity contribution in [3.63, 3.8) is 0 Å². The molecule has 2 saturated carbocycles. The molecule has 1 aromatic heterocycles. The summed E-state index contributed by atoms with van der Waals surface area (Å²) in [5.41, 5.74) is 5.45. The van der Waals surface area contributed by atoms with E-state index in [0.29, 0.717) is 12.4 Å². The van der Waals surface area contributed by atoms with E-state index < -0.39 is 5.54 Å². The molecule has 5 heteroatoms. The Morgan fingerprint density at radius 2 is 2.26 bits per heavy atom. The number of ether oxygens (including phenoxy) is 1. The number of nitrogens with two attached hydrogens (primary N) is 1. The fraction of sp³-hybridized carbons (Fsp3) is 0.857. The molecular formula is C14H23N3O2. The smallest absolute Gasteiger partial charge is 0.227 e. The first-order chi connectivity index (χ1) is 9.08. The average Bonchev–Trinajstić information content (AvgIpc) is 3.04. The van der Waals surface area contributed by atoms with Gasteiger partial charge in [0.25, 0.3) is 0 Å². The van der Waals surface area contributed by atoms with Crippen molar-refractivity contribution < 1.29 is 9.26 Å². The lowest BCUT2D eigenvalue weighted by Crippen LogP contribution is -2.39. The van der Waals surface area contributed by atoms with E-state index >= 15 is 0 Å². The van der Waals surface area contributed by atoms with E-state index in [1.54, 1.807) is 7.11 Å². The Bertz CT molecular complexity index is 444. The van der Waals surface area contributed by atoms with Crippen LogP contribution in [0.1, 0.15) is 44.3 Å². The Morgan fingerprint density at radius 1 is 1.42 bits per heavy atom. The molecule has 0 aliphatic heterocycles. The molecule has 1 heterocycles. The molecule has 2 bridgehead atoms. The first kappa shape index (κ1) is 13.1. The maximum absolute atomic E-state index is 6.12. The molecule has 0 radical (unpaired) electrons. The van der Waals surface area contributed by atoms with Gasteiger partial charge in [-0.15, -0.1) is 0 Å². The van der Waals surface area contributed by atoms with Crippen LogP contribution < -0.4 is 5.73 Å². The molecule has 3 rings (SSSR count). The second-order valence-corrected chi connectivity index (χ2v) is 6.50. The van der Waals surface area contributed by atoms with Crippen molar-refractivity contribution >= 4 is 0 Å². The number of fused-ring (bicyclic) bond motifs is 2.